The molecular weight excluding hydrogens is 168 g/mol. The van der Waals surface area contributed by atoms with Gasteiger partial charge in [-0.15, -0.1) is 0 Å². The third-order valence-corrected chi connectivity index (χ3v) is 1.26. The number of rotatable bonds is 0. The van der Waals surface area contributed by atoms with Gasteiger partial charge in [-0.1, -0.05) is 50.1 Å². The lowest BCUT2D eigenvalue weighted by Gasteiger charge is -1.88. The van der Waals surface area contributed by atoms with Crippen LogP contribution in [0.4, 0.5) is 0 Å². The first-order chi connectivity index (χ1) is 5.52. The molecule has 0 saturated carbocycles. The summed E-state index contributed by atoms with van der Waals surface area (Å²) in [7, 11) is 0. The van der Waals surface area contributed by atoms with Crippen molar-refractivity contribution in [1.82, 2.24) is 0 Å². The Bertz CT molecular complexity index is 175. The predicted octanol–water partition coefficient (Wildman–Crippen LogP) is 4.31. The Morgan fingerprint density at radius 1 is 1.00 bits per heavy atom. The van der Waals surface area contributed by atoms with Crippen molar-refractivity contribution in [3.8, 4) is 0 Å². The molecule has 0 fully saturated rings. The third kappa shape index (κ3) is 7.62. The highest BCUT2D eigenvalue weighted by Gasteiger charge is 1.81. The van der Waals surface area contributed by atoms with E-state index in [0.717, 1.165) is 10.9 Å². The van der Waals surface area contributed by atoms with Crippen LogP contribution in [0.1, 0.15) is 26.3 Å². The van der Waals surface area contributed by atoms with Crippen LogP contribution in [0.15, 0.2) is 24.3 Å². The van der Waals surface area contributed by atoms with Gasteiger partial charge in [-0.25, -0.2) is 0 Å². The van der Waals surface area contributed by atoms with Gasteiger partial charge in [-0.3, -0.25) is 0 Å². The van der Waals surface area contributed by atoms with Crippen molar-refractivity contribution < 1.29 is 0 Å². The van der Waals surface area contributed by atoms with Crippen LogP contribution in [-0.2, 0) is 0 Å². The highest BCUT2D eigenvalue weighted by atomic mass is 35.5. The monoisotopic (exact) mass is 184 g/mol. The first kappa shape index (κ1) is 11.5. The van der Waals surface area contributed by atoms with Crippen LogP contribution in [0.3, 0.4) is 0 Å². The number of aryl methyl sites for hydroxylation is 1. The average Bonchev–Trinajstić information content (AvgIpc) is 1.94. The summed E-state index contributed by atoms with van der Waals surface area (Å²) in [5.74, 6) is 0.833. The van der Waals surface area contributed by atoms with E-state index in [-0.39, 0.29) is 0 Å². The predicted molar refractivity (Wildman–Crippen MR) is 56.7 cm³/mol. The van der Waals surface area contributed by atoms with Crippen molar-refractivity contribution >= 4 is 11.6 Å². The van der Waals surface area contributed by atoms with Crippen LogP contribution in [-0.4, -0.2) is 0 Å². The Hall–Kier alpha value is -0.490. The van der Waals surface area contributed by atoms with Crippen LogP contribution >= 0.6 is 11.6 Å². The highest BCUT2D eigenvalue weighted by Crippen LogP contribution is 2.07. The van der Waals surface area contributed by atoms with Crippen molar-refractivity contribution in [2.45, 2.75) is 27.7 Å². The molecule has 0 atom stereocenters. The molecular formula is C11H17Cl. The summed E-state index contributed by atoms with van der Waals surface area (Å²) in [4.78, 5) is 0. The Labute approximate surface area is 80.6 Å². The molecule has 0 aromatic heterocycles. The maximum Gasteiger partial charge on any atom is 0.0406 e. The molecule has 1 aromatic carbocycles. The molecule has 12 heavy (non-hydrogen) atoms. The largest absolute Gasteiger partial charge is 0.0843 e. The molecule has 0 aliphatic carbocycles. The van der Waals surface area contributed by atoms with E-state index in [1.165, 1.54) is 5.56 Å². The van der Waals surface area contributed by atoms with E-state index < -0.39 is 0 Å². The Balaban J connectivity index is 0.000000261. The lowest BCUT2D eigenvalue weighted by Crippen LogP contribution is -1.66. The minimum absolute atomic E-state index is 0.801. The summed E-state index contributed by atoms with van der Waals surface area (Å²) >= 11 is 5.61. The van der Waals surface area contributed by atoms with Gasteiger partial charge in [0.25, 0.3) is 0 Å². The molecule has 0 radical (unpaired) electrons. The molecule has 68 valence electrons. The third-order valence-electron chi connectivity index (χ3n) is 1.01. The maximum atomic E-state index is 5.61. The van der Waals surface area contributed by atoms with Gasteiger partial charge in [0.05, 0.1) is 0 Å². The number of halogens is 1. The summed E-state index contributed by atoms with van der Waals surface area (Å²) < 4.78 is 0. The number of hydrogen-bond acceptors (Lipinski definition) is 0. The summed E-state index contributed by atoms with van der Waals surface area (Å²) in [6, 6.07) is 7.75. The van der Waals surface area contributed by atoms with Crippen molar-refractivity contribution in [2.75, 3.05) is 0 Å². The number of hydrogen-bond donors (Lipinski definition) is 0. The molecule has 0 aliphatic heterocycles. The SMILES string of the molecule is CC(C)C.Cc1ccc(Cl)cc1. The topological polar surface area (TPSA) is 0 Å². The normalized spacial score (nSPS) is 9.17. The fourth-order valence-electron chi connectivity index (χ4n) is 0.533. The van der Waals surface area contributed by atoms with Crippen LogP contribution < -0.4 is 0 Å². The molecule has 0 bridgehead atoms. The van der Waals surface area contributed by atoms with Gasteiger partial charge >= 0.3 is 0 Å². The van der Waals surface area contributed by atoms with E-state index in [1.54, 1.807) is 0 Å². The van der Waals surface area contributed by atoms with E-state index in [9.17, 15) is 0 Å². The lowest BCUT2D eigenvalue weighted by atomic mass is 10.2. The fraction of sp³-hybridized carbons (Fsp3) is 0.455. The van der Waals surface area contributed by atoms with Crippen LogP contribution in [0.25, 0.3) is 0 Å². The second kappa shape index (κ2) is 6.07. The molecule has 0 spiro atoms. The van der Waals surface area contributed by atoms with Gasteiger partial charge in [0.15, 0.2) is 0 Å². The second-order valence-electron chi connectivity index (χ2n) is 3.53. The summed E-state index contributed by atoms with van der Waals surface area (Å²) in [6.45, 7) is 8.54. The zero-order chi connectivity index (χ0) is 9.56. The van der Waals surface area contributed by atoms with E-state index in [4.69, 9.17) is 11.6 Å². The van der Waals surface area contributed by atoms with Crippen molar-refractivity contribution in [2.24, 2.45) is 5.92 Å². The molecule has 0 unspecified atom stereocenters. The Morgan fingerprint density at radius 2 is 1.33 bits per heavy atom. The molecule has 0 aliphatic rings. The molecule has 0 amide bonds. The van der Waals surface area contributed by atoms with Gasteiger partial charge in [-0.05, 0) is 25.0 Å². The molecule has 0 heterocycles. The first-order valence-electron chi connectivity index (χ1n) is 4.24. The quantitative estimate of drug-likeness (QED) is 0.564. The molecule has 0 saturated heterocycles. The summed E-state index contributed by atoms with van der Waals surface area (Å²) in [5, 5.41) is 0.801. The molecule has 1 aromatic rings. The van der Waals surface area contributed by atoms with Gasteiger partial charge in [0.1, 0.15) is 0 Å². The Kier molecular flexibility index (Phi) is 5.83. The van der Waals surface area contributed by atoms with Crippen molar-refractivity contribution in [1.29, 1.82) is 0 Å². The average molecular weight is 185 g/mol. The molecule has 0 N–H and O–H groups in total. The summed E-state index contributed by atoms with van der Waals surface area (Å²) in [5.41, 5.74) is 1.24. The van der Waals surface area contributed by atoms with E-state index >= 15 is 0 Å². The van der Waals surface area contributed by atoms with Crippen LogP contribution in [0.2, 0.25) is 5.02 Å². The highest BCUT2D eigenvalue weighted by molar-refractivity contribution is 6.30. The van der Waals surface area contributed by atoms with E-state index in [2.05, 4.69) is 20.8 Å². The Morgan fingerprint density at radius 3 is 1.58 bits per heavy atom. The van der Waals surface area contributed by atoms with Gasteiger partial charge < -0.3 is 0 Å². The van der Waals surface area contributed by atoms with Crippen molar-refractivity contribution in [3.63, 3.8) is 0 Å². The lowest BCUT2D eigenvalue weighted by molar-refractivity contribution is 0.737. The molecule has 1 rings (SSSR count). The standard InChI is InChI=1S/C7H7Cl.C4H10/c1-6-2-4-7(8)5-3-6;1-4(2)3/h2-5H,1H3;4H,1-3H3. The minimum atomic E-state index is 0.801. The van der Waals surface area contributed by atoms with Crippen LogP contribution in [0.5, 0.6) is 0 Å². The minimum Gasteiger partial charge on any atom is -0.0843 e. The second-order valence-corrected chi connectivity index (χ2v) is 3.96. The van der Waals surface area contributed by atoms with Crippen LogP contribution in [0, 0.1) is 12.8 Å². The molecule has 1 heteroatoms. The first-order valence-corrected chi connectivity index (χ1v) is 4.62. The van der Waals surface area contributed by atoms with Crippen molar-refractivity contribution in [3.05, 3.63) is 34.9 Å². The number of benzene rings is 1. The van der Waals surface area contributed by atoms with Gasteiger partial charge in [0.2, 0.25) is 0 Å². The van der Waals surface area contributed by atoms with Gasteiger partial charge in [-0.2, -0.15) is 0 Å². The van der Waals surface area contributed by atoms with E-state index in [0.29, 0.717) is 0 Å². The van der Waals surface area contributed by atoms with E-state index in [1.807, 2.05) is 31.2 Å². The zero-order valence-corrected chi connectivity index (χ0v) is 9.02. The summed E-state index contributed by atoms with van der Waals surface area (Å²) in [6.07, 6.45) is 0. The van der Waals surface area contributed by atoms with Gasteiger partial charge in [0, 0.05) is 5.02 Å². The smallest absolute Gasteiger partial charge is 0.0406 e. The maximum absolute atomic E-state index is 5.61. The molecule has 0 nitrogen and oxygen atoms in total. The fourth-order valence-corrected chi connectivity index (χ4v) is 0.659. The zero-order valence-electron chi connectivity index (χ0n) is 8.26.